The van der Waals surface area contributed by atoms with Crippen LogP contribution in [0.25, 0.3) is 0 Å². The summed E-state index contributed by atoms with van der Waals surface area (Å²) in [6, 6.07) is 19.2. The van der Waals surface area contributed by atoms with E-state index in [9.17, 15) is 0 Å². The maximum atomic E-state index is 2.82. The highest BCUT2D eigenvalue weighted by Crippen LogP contribution is 2.55. The normalized spacial score (nSPS) is 29.3. The molecule has 3 atom stereocenters. The molecule has 1 aliphatic carbocycles. The van der Waals surface area contributed by atoms with Gasteiger partial charge in [0.2, 0.25) is 0 Å². The van der Waals surface area contributed by atoms with Crippen molar-refractivity contribution in [3.8, 4) is 0 Å². The Morgan fingerprint density at radius 3 is 2.19 bits per heavy atom. The van der Waals surface area contributed by atoms with Crippen LogP contribution in [0.4, 0.5) is 11.4 Å². The van der Waals surface area contributed by atoms with Crippen LogP contribution in [0.3, 0.4) is 0 Å². The summed E-state index contributed by atoms with van der Waals surface area (Å²) >= 11 is 0. The summed E-state index contributed by atoms with van der Waals surface area (Å²) in [5.74, 6) is 0.763. The number of anilines is 2. The molecule has 1 saturated heterocycles. The Bertz CT molecular complexity index is 849. The molecule has 2 aromatic carbocycles. The highest BCUT2D eigenvalue weighted by Gasteiger charge is 2.58. The summed E-state index contributed by atoms with van der Waals surface area (Å²) in [6.07, 6.45) is 6.00. The Hall–Kier alpha value is -1.96. The number of nitrogens with zero attached hydrogens (tertiary/aromatic N) is 2. The second-order valence-corrected chi connectivity index (χ2v) is 9.48. The molecule has 0 bridgehead atoms. The van der Waals surface area contributed by atoms with E-state index < -0.39 is 0 Å². The molecule has 0 aromatic heterocycles. The predicted octanol–water partition coefficient (Wildman–Crippen LogP) is 5.89. The largest absolute Gasteiger partial charge is 0.346 e. The Labute approximate surface area is 164 Å². The third kappa shape index (κ3) is 2.31. The van der Waals surface area contributed by atoms with Crippen LogP contribution in [0, 0.1) is 12.8 Å². The summed E-state index contributed by atoms with van der Waals surface area (Å²) in [6.45, 7) is 9.66. The molecule has 1 saturated carbocycles. The van der Waals surface area contributed by atoms with Gasteiger partial charge in [0.05, 0.1) is 6.04 Å². The second kappa shape index (κ2) is 6.02. The first-order valence-electron chi connectivity index (χ1n) is 10.7. The minimum Gasteiger partial charge on any atom is -0.346 e. The van der Waals surface area contributed by atoms with Crippen molar-refractivity contribution >= 4 is 11.4 Å². The number of aryl methyl sites for hydroxylation is 1. The molecular formula is C25H32N2. The Balaban J connectivity index is 1.69. The van der Waals surface area contributed by atoms with Crippen molar-refractivity contribution in [2.45, 2.75) is 77.0 Å². The fourth-order valence-corrected chi connectivity index (χ4v) is 6.49. The Morgan fingerprint density at radius 2 is 1.48 bits per heavy atom. The fourth-order valence-electron chi connectivity index (χ4n) is 6.49. The summed E-state index contributed by atoms with van der Waals surface area (Å²) < 4.78 is 0. The van der Waals surface area contributed by atoms with Crippen LogP contribution in [-0.4, -0.2) is 18.2 Å². The van der Waals surface area contributed by atoms with Crippen molar-refractivity contribution in [1.29, 1.82) is 0 Å². The van der Waals surface area contributed by atoms with Gasteiger partial charge >= 0.3 is 0 Å². The van der Waals surface area contributed by atoms with Gasteiger partial charge in [0.25, 0.3) is 0 Å². The highest BCUT2D eigenvalue weighted by atomic mass is 15.5. The van der Waals surface area contributed by atoms with Crippen LogP contribution in [0.1, 0.15) is 57.6 Å². The van der Waals surface area contributed by atoms with Gasteiger partial charge in [-0.25, -0.2) is 0 Å². The smallest absolute Gasteiger partial charge is 0.105 e. The first-order valence-corrected chi connectivity index (χ1v) is 10.7. The molecule has 27 heavy (non-hydrogen) atoms. The van der Waals surface area contributed by atoms with Gasteiger partial charge in [-0.05, 0) is 55.9 Å². The minimum atomic E-state index is 0.171. The van der Waals surface area contributed by atoms with Gasteiger partial charge in [-0.3, -0.25) is 0 Å². The van der Waals surface area contributed by atoms with Crippen molar-refractivity contribution < 1.29 is 0 Å². The van der Waals surface area contributed by atoms with E-state index in [0.717, 1.165) is 5.92 Å². The molecule has 0 amide bonds. The molecule has 0 N–H and O–H groups in total. The van der Waals surface area contributed by atoms with Crippen LogP contribution in [0.15, 0.2) is 48.5 Å². The number of para-hydroxylation sites is 2. The van der Waals surface area contributed by atoms with Gasteiger partial charge in [-0.1, -0.05) is 63.1 Å². The van der Waals surface area contributed by atoms with Crippen molar-refractivity contribution in [2.24, 2.45) is 5.92 Å². The Morgan fingerprint density at radius 1 is 0.852 bits per heavy atom. The van der Waals surface area contributed by atoms with E-state index in [0.29, 0.717) is 18.2 Å². The lowest BCUT2D eigenvalue weighted by Gasteiger charge is -2.38. The number of rotatable bonds is 2. The van der Waals surface area contributed by atoms with E-state index >= 15 is 0 Å². The van der Waals surface area contributed by atoms with Crippen LogP contribution in [0.2, 0.25) is 0 Å². The summed E-state index contributed by atoms with van der Waals surface area (Å²) in [5, 5.41) is 0. The van der Waals surface area contributed by atoms with Crippen LogP contribution in [0.5, 0.6) is 0 Å². The molecule has 2 aromatic rings. The molecule has 2 fully saturated rings. The average molecular weight is 361 g/mol. The summed E-state index contributed by atoms with van der Waals surface area (Å²) in [4.78, 5) is 5.61. The summed E-state index contributed by atoms with van der Waals surface area (Å²) in [7, 11) is 0. The number of hydrogen-bond donors (Lipinski definition) is 0. The van der Waals surface area contributed by atoms with Crippen LogP contribution < -0.4 is 9.80 Å². The SMILES string of the molecule is Cc1ccccc1N1C(C2CCCC2)N2c3ccccc3C(C)(C)C2[C@@H]1C. The highest BCUT2D eigenvalue weighted by molar-refractivity contribution is 5.71. The van der Waals surface area contributed by atoms with Gasteiger partial charge < -0.3 is 9.80 Å². The van der Waals surface area contributed by atoms with Gasteiger partial charge in [0.15, 0.2) is 0 Å². The van der Waals surface area contributed by atoms with Crippen LogP contribution >= 0.6 is 0 Å². The average Bonchev–Trinajstić information content (AvgIpc) is 3.33. The quantitative estimate of drug-likeness (QED) is 0.659. The fraction of sp³-hybridized carbons (Fsp3) is 0.520. The molecule has 2 heterocycles. The first kappa shape index (κ1) is 17.2. The molecule has 3 aliphatic rings. The molecule has 2 nitrogen and oxygen atoms in total. The lowest BCUT2D eigenvalue weighted by Crippen LogP contribution is -2.46. The zero-order valence-electron chi connectivity index (χ0n) is 17.2. The van der Waals surface area contributed by atoms with E-state index in [4.69, 9.17) is 0 Å². The van der Waals surface area contributed by atoms with Crippen molar-refractivity contribution in [3.63, 3.8) is 0 Å². The van der Waals surface area contributed by atoms with Gasteiger partial charge in [0, 0.05) is 22.8 Å². The van der Waals surface area contributed by atoms with Gasteiger partial charge in [-0.2, -0.15) is 0 Å². The third-order valence-electron chi connectivity index (χ3n) is 7.60. The van der Waals surface area contributed by atoms with Gasteiger partial charge in [-0.15, -0.1) is 0 Å². The number of fused-ring (bicyclic) bond motifs is 3. The standard InChI is InChI=1S/C25H32N2/c1-17-11-5-9-15-21(17)26-18(2)23-25(3,4)20-14-8-10-16-22(20)27(23)24(26)19-12-6-7-13-19/h5,8-11,14-16,18-19,23-24H,6-7,12-13H2,1-4H3/t18-,23?,24?/m0/s1. The second-order valence-electron chi connectivity index (χ2n) is 9.48. The van der Waals surface area contributed by atoms with Crippen molar-refractivity contribution in [1.82, 2.24) is 0 Å². The zero-order chi connectivity index (χ0) is 18.8. The molecule has 2 unspecified atom stereocenters. The molecule has 0 radical (unpaired) electrons. The van der Waals surface area contributed by atoms with E-state index in [1.165, 1.54) is 48.2 Å². The monoisotopic (exact) mass is 360 g/mol. The first-order chi connectivity index (χ1) is 13.0. The predicted molar refractivity (Wildman–Crippen MR) is 115 cm³/mol. The van der Waals surface area contributed by atoms with Crippen molar-refractivity contribution in [3.05, 3.63) is 59.7 Å². The topological polar surface area (TPSA) is 6.48 Å². The minimum absolute atomic E-state index is 0.171. The van der Waals surface area contributed by atoms with E-state index in [1.54, 1.807) is 0 Å². The molecule has 2 aliphatic heterocycles. The lowest BCUT2D eigenvalue weighted by atomic mass is 9.78. The molecule has 2 heteroatoms. The molecule has 0 spiro atoms. The lowest BCUT2D eigenvalue weighted by molar-refractivity contribution is 0.399. The maximum absolute atomic E-state index is 2.82. The number of hydrogen-bond acceptors (Lipinski definition) is 2. The maximum Gasteiger partial charge on any atom is 0.105 e. The molecule has 5 rings (SSSR count). The molecule has 142 valence electrons. The Kier molecular flexibility index (Phi) is 3.83. The summed E-state index contributed by atoms with van der Waals surface area (Å²) in [5.41, 5.74) is 6.02. The van der Waals surface area contributed by atoms with Gasteiger partial charge in [0.1, 0.15) is 6.17 Å². The van der Waals surface area contributed by atoms with Crippen molar-refractivity contribution in [2.75, 3.05) is 9.80 Å². The third-order valence-corrected chi connectivity index (χ3v) is 7.60. The van der Waals surface area contributed by atoms with Crippen LogP contribution in [-0.2, 0) is 5.41 Å². The van der Waals surface area contributed by atoms with E-state index in [2.05, 4.69) is 86.0 Å². The van der Waals surface area contributed by atoms with E-state index in [-0.39, 0.29) is 5.41 Å². The number of benzene rings is 2. The zero-order valence-corrected chi connectivity index (χ0v) is 17.2. The molecular weight excluding hydrogens is 328 g/mol. The van der Waals surface area contributed by atoms with E-state index in [1.807, 2.05) is 0 Å².